The second kappa shape index (κ2) is 7.43. The molecule has 0 unspecified atom stereocenters. The third-order valence-corrected chi connectivity index (χ3v) is 5.13. The predicted molar refractivity (Wildman–Crippen MR) is 83.5 cm³/mol. The first-order valence-corrected chi connectivity index (χ1v) is 8.58. The van der Waals surface area contributed by atoms with Crippen LogP contribution in [0.2, 0.25) is 0 Å². The van der Waals surface area contributed by atoms with Crippen LogP contribution in [0.15, 0.2) is 5.16 Å². The highest BCUT2D eigenvalue weighted by atomic mass is 32.2. The molecule has 22 heavy (non-hydrogen) atoms. The highest BCUT2D eigenvalue weighted by Gasteiger charge is 2.42. The standard InChI is InChI=1S/C14H24N4O3S/c1-3-4-14(9-19)5-6-18(7-11(14)20)12(21)8-22-13-15-10(2)16-17-13/h11,19-20H,3-9H2,1-2H3,(H,15,16,17)/t11-,14+/m0/s1. The minimum atomic E-state index is -0.675. The number of β-amino-alcohol motifs (C(OH)–C–C–N with tert-alkyl or cyclic N) is 1. The first-order valence-electron chi connectivity index (χ1n) is 7.59. The quantitative estimate of drug-likeness (QED) is 0.660. The lowest BCUT2D eigenvalue weighted by Crippen LogP contribution is -2.54. The number of aliphatic hydroxyl groups excluding tert-OH is 2. The fourth-order valence-corrected chi connectivity index (χ4v) is 3.65. The van der Waals surface area contributed by atoms with E-state index >= 15 is 0 Å². The molecule has 124 valence electrons. The molecule has 1 saturated heterocycles. The number of amides is 1. The minimum Gasteiger partial charge on any atom is -0.396 e. The molecule has 7 nitrogen and oxygen atoms in total. The molecule has 0 spiro atoms. The third-order valence-electron chi connectivity index (χ3n) is 4.30. The van der Waals surface area contributed by atoms with Crippen LogP contribution < -0.4 is 0 Å². The molecule has 1 aliphatic heterocycles. The van der Waals surface area contributed by atoms with Gasteiger partial charge in [0.15, 0.2) is 0 Å². The highest BCUT2D eigenvalue weighted by molar-refractivity contribution is 7.99. The van der Waals surface area contributed by atoms with Crippen LogP contribution in [-0.4, -0.2) is 67.8 Å². The molecule has 2 atom stereocenters. The van der Waals surface area contributed by atoms with Crippen molar-refractivity contribution in [2.24, 2.45) is 5.41 Å². The minimum absolute atomic E-state index is 0.0325. The van der Waals surface area contributed by atoms with Gasteiger partial charge in [-0.25, -0.2) is 4.98 Å². The fourth-order valence-electron chi connectivity index (χ4n) is 2.90. The number of aryl methyl sites for hydroxylation is 1. The van der Waals surface area contributed by atoms with E-state index in [1.165, 1.54) is 11.8 Å². The van der Waals surface area contributed by atoms with Crippen molar-refractivity contribution in [2.45, 2.75) is 44.4 Å². The van der Waals surface area contributed by atoms with Crippen LogP contribution >= 0.6 is 11.8 Å². The Balaban J connectivity index is 1.87. The summed E-state index contributed by atoms with van der Waals surface area (Å²) in [6.07, 6.45) is 1.64. The molecule has 1 aromatic heterocycles. The second-order valence-corrected chi connectivity index (χ2v) is 6.81. The predicted octanol–water partition coefficient (Wildman–Crippen LogP) is 0.577. The van der Waals surface area contributed by atoms with Crippen LogP contribution in [-0.2, 0) is 4.79 Å². The zero-order chi connectivity index (χ0) is 16.2. The van der Waals surface area contributed by atoms with E-state index in [-0.39, 0.29) is 24.8 Å². The van der Waals surface area contributed by atoms with E-state index in [1.54, 1.807) is 4.90 Å². The van der Waals surface area contributed by atoms with Gasteiger partial charge < -0.3 is 15.1 Å². The number of aliphatic hydroxyl groups is 2. The molecule has 1 aliphatic rings. The molecule has 0 aliphatic carbocycles. The summed E-state index contributed by atoms with van der Waals surface area (Å²) in [4.78, 5) is 18.1. The van der Waals surface area contributed by atoms with Gasteiger partial charge in [-0.3, -0.25) is 9.89 Å². The number of hydrogen-bond acceptors (Lipinski definition) is 6. The summed E-state index contributed by atoms with van der Waals surface area (Å²) in [6, 6.07) is 0. The molecule has 0 radical (unpaired) electrons. The lowest BCUT2D eigenvalue weighted by atomic mass is 9.73. The summed E-state index contributed by atoms with van der Waals surface area (Å²) in [5, 5.41) is 27.3. The van der Waals surface area contributed by atoms with Crippen molar-refractivity contribution in [3.05, 3.63) is 5.82 Å². The summed E-state index contributed by atoms with van der Waals surface area (Å²) in [7, 11) is 0. The van der Waals surface area contributed by atoms with Crippen LogP contribution in [0.4, 0.5) is 0 Å². The van der Waals surface area contributed by atoms with Gasteiger partial charge in [-0.1, -0.05) is 25.1 Å². The molecule has 0 aromatic carbocycles. The molecule has 3 N–H and O–H groups in total. The maximum atomic E-state index is 12.2. The smallest absolute Gasteiger partial charge is 0.233 e. The zero-order valence-corrected chi connectivity index (χ0v) is 13.9. The summed E-state index contributed by atoms with van der Waals surface area (Å²) < 4.78 is 0. The van der Waals surface area contributed by atoms with Gasteiger partial charge in [-0.05, 0) is 19.8 Å². The van der Waals surface area contributed by atoms with E-state index in [0.717, 1.165) is 18.7 Å². The number of H-pyrrole nitrogens is 1. The maximum absolute atomic E-state index is 12.2. The Labute approximate surface area is 134 Å². The summed E-state index contributed by atoms with van der Waals surface area (Å²) >= 11 is 1.28. The van der Waals surface area contributed by atoms with Crippen molar-refractivity contribution in [1.82, 2.24) is 20.1 Å². The van der Waals surface area contributed by atoms with Crippen LogP contribution in [0, 0.1) is 12.3 Å². The molecule has 2 rings (SSSR count). The molecule has 2 heterocycles. The Morgan fingerprint density at radius 1 is 1.59 bits per heavy atom. The number of nitrogens with one attached hydrogen (secondary N) is 1. The van der Waals surface area contributed by atoms with Gasteiger partial charge in [0.2, 0.25) is 11.1 Å². The van der Waals surface area contributed by atoms with E-state index in [9.17, 15) is 15.0 Å². The van der Waals surface area contributed by atoms with E-state index in [2.05, 4.69) is 15.2 Å². The fraction of sp³-hybridized carbons (Fsp3) is 0.786. The van der Waals surface area contributed by atoms with E-state index in [0.29, 0.717) is 18.1 Å². The van der Waals surface area contributed by atoms with Gasteiger partial charge in [0, 0.05) is 18.5 Å². The van der Waals surface area contributed by atoms with E-state index in [1.807, 2.05) is 13.8 Å². The molecule has 1 aromatic rings. The number of rotatable bonds is 6. The number of piperidine rings is 1. The first-order chi connectivity index (χ1) is 10.5. The molecule has 0 saturated carbocycles. The Bertz CT molecular complexity index is 510. The van der Waals surface area contributed by atoms with Gasteiger partial charge in [-0.2, -0.15) is 0 Å². The first kappa shape index (κ1) is 17.2. The van der Waals surface area contributed by atoms with Crippen molar-refractivity contribution in [2.75, 3.05) is 25.4 Å². The average Bonchev–Trinajstić information content (AvgIpc) is 2.92. The maximum Gasteiger partial charge on any atom is 0.233 e. The Kier molecular flexibility index (Phi) is 5.82. The summed E-state index contributed by atoms with van der Waals surface area (Å²) in [5.41, 5.74) is -0.459. The number of aromatic nitrogens is 3. The molecule has 1 amide bonds. The van der Waals surface area contributed by atoms with Gasteiger partial charge in [0.25, 0.3) is 0 Å². The number of hydrogen-bond donors (Lipinski definition) is 3. The molecule has 0 bridgehead atoms. The van der Waals surface area contributed by atoms with E-state index in [4.69, 9.17) is 0 Å². The van der Waals surface area contributed by atoms with Gasteiger partial charge >= 0.3 is 0 Å². The SMILES string of the molecule is CCC[C@]1(CO)CCN(C(=O)CSc2n[nH]c(C)n2)C[C@@H]1O. The average molecular weight is 328 g/mol. The molecular weight excluding hydrogens is 304 g/mol. The van der Waals surface area contributed by atoms with Gasteiger partial charge in [0.05, 0.1) is 18.5 Å². The number of thioether (sulfide) groups is 1. The molecule has 8 heteroatoms. The van der Waals surface area contributed by atoms with E-state index < -0.39 is 11.5 Å². The lowest BCUT2D eigenvalue weighted by Gasteiger charge is -2.44. The van der Waals surface area contributed by atoms with Crippen molar-refractivity contribution in [3.8, 4) is 0 Å². The number of aromatic amines is 1. The zero-order valence-electron chi connectivity index (χ0n) is 13.1. The molecular formula is C14H24N4O3S. The van der Waals surface area contributed by atoms with Crippen LogP contribution in [0.3, 0.4) is 0 Å². The van der Waals surface area contributed by atoms with Crippen LogP contribution in [0.5, 0.6) is 0 Å². The summed E-state index contributed by atoms with van der Waals surface area (Å²) in [5.74, 6) is 0.939. The van der Waals surface area contributed by atoms with Crippen LogP contribution in [0.25, 0.3) is 0 Å². The van der Waals surface area contributed by atoms with Crippen LogP contribution in [0.1, 0.15) is 32.0 Å². The normalized spacial score (nSPS) is 25.5. The highest BCUT2D eigenvalue weighted by Crippen LogP contribution is 2.36. The Hall–Kier alpha value is -1.12. The topological polar surface area (TPSA) is 102 Å². The van der Waals surface area contributed by atoms with Gasteiger partial charge in [-0.15, -0.1) is 5.10 Å². The Morgan fingerprint density at radius 2 is 2.36 bits per heavy atom. The van der Waals surface area contributed by atoms with Crippen molar-refractivity contribution < 1.29 is 15.0 Å². The second-order valence-electron chi connectivity index (χ2n) is 5.87. The Morgan fingerprint density at radius 3 is 2.91 bits per heavy atom. The summed E-state index contributed by atoms with van der Waals surface area (Å²) in [6.45, 7) is 4.67. The van der Waals surface area contributed by atoms with Crippen molar-refractivity contribution in [1.29, 1.82) is 0 Å². The molecule has 1 fully saturated rings. The van der Waals surface area contributed by atoms with Crippen molar-refractivity contribution in [3.63, 3.8) is 0 Å². The van der Waals surface area contributed by atoms with Crippen molar-refractivity contribution >= 4 is 17.7 Å². The lowest BCUT2D eigenvalue weighted by molar-refractivity contribution is -0.139. The monoisotopic (exact) mass is 328 g/mol. The number of carbonyl (C=O) groups is 1. The third kappa shape index (κ3) is 3.80. The number of nitrogens with zero attached hydrogens (tertiary/aromatic N) is 3. The number of carbonyl (C=O) groups excluding carboxylic acids is 1. The van der Waals surface area contributed by atoms with Gasteiger partial charge in [0.1, 0.15) is 5.82 Å². The largest absolute Gasteiger partial charge is 0.396 e. The number of likely N-dealkylation sites (tertiary alicyclic amines) is 1.